The molecule has 0 aliphatic heterocycles. The summed E-state index contributed by atoms with van der Waals surface area (Å²) >= 11 is 3.33. The van der Waals surface area contributed by atoms with Crippen molar-refractivity contribution in [2.45, 2.75) is 6.61 Å². The SMILES string of the molecule is COCc1cc(N)c2c(Br)ccc(F)c2n1. The molecule has 0 bridgehead atoms. The Kier molecular flexibility index (Phi) is 3.07. The predicted octanol–water partition coefficient (Wildman–Crippen LogP) is 2.87. The highest BCUT2D eigenvalue weighted by atomic mass is 79.9. The van der Waals surface area contributed by atoms with Gasteiger partial charge in [-0.05, 0) is 18.2 Å². The van der Waals surface area contributed by atoms with E-state index in [1.54, 1.807) is 19.2 Å². The molecule has 84 valence electrons. The van der Waals surface area contributed by atoms with Crippen molar-refractivity contribution in [2.24, 2.45) is 0 Å². The van der Waals surface area contributed by atoms with E-state index >= 15 is 0 Å². The van der Waals surface area contributed by atoms with Crippen LogP contribution >= 0.6 is 15.9 Å². The van der Waals surface area contributed by atoms with Gasteiger partial charge in [0, 0.05) is 22.7 Å². The van der Waals surface area contributed by atoms with Gasteiger partial charge in [-0.15, -0.1) is 0 Å². The third-order valence-corrected chi connectivity index (χ3v) is 2.90. The van der Waals surface area contributed by atoms with E-state index in [1.165, 1.54) is 6.07 Å². The van der Waals surface area contributed by atoms with E-state index in [0.717, 1.165) is 4.47 Å². The minimum Gasteiger partial charge on any atom is -0.398 e. The molecule has 0 aliphatic carbocycles. The van der Waals surface area contributed by atoms with Crippen molar-refractivity contribution in [3.8, 4) is 0 Å². The van der Waals surface area contributed by atoms with E-state index in [4.69, 9.17) is 10.5 Å². The monoisotopic (exact) mass is 284 g/mol. The number of benzene rings is 1. The molecule has 5 heteroatoms. The molecular formula is C11H10BrFN2O. The van der Waals surface area contributed by atoms with Crippen molar-refractivity contribution < 1.29 is 9.13 Å². The van der Waals surface area contributed by atoms with E-state index in [-0.39, 0.29) is 11.3 Å². The molecule has 2 N–H and O–H groups in total. The first-order valence-corrected chi connectivity index (χ1v) is 5.45. The Morgan fingerprint density at radius 1 is 1.50 bits per heavy atom. The Hall–Kier alpha value is -1.20. The summed E-state index contributed by atoms with van der Waals surface area (Å²) in [6, 6.07) is 4.66. The number of hydrogen-bond acceptors (Lipinski definition) is 3. The molecule has 0 radical (unpaired) electrons. The summed E-state index contributed by atoms with van der Waals surface area (Å²) < 4.78 is 19.3. The zero-order chi connectivity index (χ0) is 11.7. The van der Waals surface area contributed by atoms with Gasteiger partial charge < -0.3 is 10.5 Å². The summed E-state index contributed by atoms with van der Waals surface area (Å²) in [5.74, 6) is -0.386. The van der Waals surface area contributed by atoms with Gasteiger partial charge in [-0.1, -0.05) is 15.9 Å². The molecule has 2 rings (SSSR count). The zero-order valence-corrected chi connectivity index (χ0v) is 10.2. The molecule has 0 saturated carbocycles. The van der Waals surface area contributed by atoms with Crippen LogP contribution in [0.3, 0.4) is 0 Å². The number of anilines is 1. The van der Waals surface area contributed by atoms with Crippen molar-refractivity contribution in [1.29, 1.82) is 0 Å². The Bertz CT molecular complexity index is 545. The van der Waals surface area contributed by atoms with E-state index in [9.17, 15) is 4.39 Å². The fourth-order valence-electron chi connectivity index (χ4n) is 1.57. The van der Waals surface area contributed by atoms with Crippen molar-refractivity contribution >= 4 is 32.5 Å². The fourth-order valence-corrected chi connectivity index (χ4v) is 2.12. The number of nitrogens with zero attached hydrogens (tertiary/aromatic N) is 1. The van der Waals surface area contributed by atoms with Crippen LogP contribution in [-0.2, 0) is 11.3 Å². The van der Waals surface area contributed by atoms with Gasteiger partial charge in [0.05, 0.1) is 12.3 Å². The first kappa shape index (κ1) is 11.3. The molecule has 3 nitrogen and oxygen atoms in total. The summed E-state index contributed by atoms with van der Waals surface area (Å²) in [4.78, 5) is 4.18. The van der Waals surface area contributed by atoms with Crippen LogP contribution in [0.4, 0.5) is 10.1 Å². The highest BCUT2D eigenvalue weighted by Crippen LogP contribution is 2.30. The number of aromatic nitrogens is 1. The molecule has 1 aromatic heterocycles. The molecule has 0 spiro atoms. The average molecular weight is 285 g/mol. The quantitative estimate of drug-likeness (QED) is 0.923. The van der Waals surface area contributed by atoms with Crippen molar-refractivity contribution in [3.63, 3.8) is 0 Å². The fraction of sp³-hybridized carbons (Fsp3) is 0.182. The van der Waals surface area contributed by atoms with Gasteiger partial charge in [-0.3, -0.25) is 0 Å². The second kappa shape index (κ2) is 4.35. The lowest BCUT2D eigenvalue weighted by molar-refractivity contribution is 0.182. The largest absolute Gasteiger partial charge is 0.398 e. The van der Waals surface area contributed by atoms with Gasteiger partial charge in [0.25, 0.3) is 0 Å². The lowest BCUT2D eigenvalue weighted by atomic mass is 10.1. The van der Waals surface area contributed by atoms with E-state index in [0.29, 0.717) is 23.4 Å². The predicted molar refractivity (Wildman–Crippen MR) is 64.5 cm³/mol. The van der Waals surface area contributed by atoms with E-state index in [1.807, 2.05) is 0 Å². The summed E-state index contributed by atoms with van der Waals surface area (Å²) in [5, 5.41) is 0.597. The van der Waals surface area contributed by atoms with Gasteiger partial charge >= 0.3 is 0 Å². The number of pyridine rings is 1. The van der Waals surface area contributed by atoms with Gasteiger partial charge in [0.2, 0.25) is 0 Å². The summed E-state index contributed by atoms with van der Waals surface area (Å²) in [5.41, 5.74) is 7.23. The Morgan fingerprint density at radius 3 is 2.94 bits per heavy atom. The first-order valence-electron chi connectivity index (χ1n) is 4.65. The number of nitrogen functional groups attached to an aromatic ring is 1. The van der Waals surface area contributed by atoms with Crippen LogP contribution in [0.15, 0.2) is 22.7 Å². The molecule has 1 heterocycles. The van der Waals surface area contributed by atoms with Gasteiger partial charge in [0.15, 0.2) is 0 Å². The number of halogens is 2. The molecule has 1 aromatic carbocycles. The third kappa shape index (κ3) is 1.88. The maximum Gasteiger partial charge on any atom is 0.149 e. The maximum atomic E-state index is 13.6. The first-order chi connectivity index (χ1) is 7.63. The number of rotatable bonds is 2. The van der Waals surface area contributed by atoms with Gasteiger partial charge in [0.1, 0.15) is 11.3 Å². The standard InChI is InChI=1S/C11H10BrFN2O/c1-16-5-6-4-9(14)10-7(12)2-3-8(13)11(10)15-6/h2-4H,5H2,1H3,(H2,14,15). The minimum absolute atomic E-state index is 0.265. The average Bonchev–Trinajstić information content (AvgIpc) is 2.23. The molecule has 0 fully saturated rings. The molecule has 16 heavy (non-hydrogen) atoms. The number of methoxy groups -OCH3 is 1. The Balaban J connectivity index is 2.76. The second-order valence-corrected chi connectivity index (χ2v) is 4.24. The topological polar surface area (TPSA) is 48.1 Å². The molecule has 0 aliphatic rings. The van der Waals surface area contributed by atoms with E-state index in [2.05, 4.69) is 20.9 Å². The normalized spacial score (nSPS) is 10.9. The molecule has 0 unspecified atom stereocenters. The summed E-state index contributed by atoms with van der Waals surface area (Å²) in [6.07, 6.45) is 0. The third-order valence-electron chi connectivity index (χ3n) is 2.24. The second-order valence-electron chi connectivity index (χ2n) is 3.39. The van der Waals surface area contributed by atoms with Crippen LogP contribution in [0.5, 0.6) is 0 Å². The van der Waals surface area contributed by atoms with Crippen LogP contribution < -0.4 is 5.73 Å². The van der Waals surface area contributed by atoms with Gasteiger partial charge in [-0.2, -0.15) is 0 Å². The lowest BCUT2D eigenvalue weighted by Gasteiger charge is -2.08. The van der Waals surface area contributed by atoms with E-state index < -0.39 is 0 Å². The highest BCUT2D eigenvalue weighted by molar-refractivity contribution is 9.10. The lowest BCUT2D eigenvalue weighted by Crippen LogP contribution is -1.99. The van der Waals surface area contributed by atoms with Crippen LogP contribution in [0.1, 0.15) is 5.69 Å². The van der Waals surface area contributed by atoms with Crippen LogP contribution in [0, 0.1) is 5.82 Å². The van der Waals surface area contributed by atoms with Crippen molar-refractivity contribution in [1.82, 2.24) is 4.98 Å². The van der Waals surface area contributed by atoms with Crippen LogP contribution in [0.2, 0.25) is 0 Å². The maximum absolute atomic E-state index is 13.6. The van der Waals surface area contributed by atoms with Gasteiger partial charge in [-0.25, -0.2) is 9.37 Å². The number of ether oxygens (including phenoxy) is 1. The Labute approximate surface area is 101 Å². The zero-order valence-electron chi connectivity index (χ0n) is 8.63. The number of nitrogens with two attached hydrogens (primary N) is 1. The van der Waals surface area contributed by atoms with Crippen molar-refractivity contribution in [2.75, 3.05) is 12.8 Å². The minimum atomic E-state index is -0.386. The number of hydrogen-bond donors (Lipinski definition) is 1. The molecule has 0 atom stereocenters. The van der Waals surface area contributed by atoms with Crippen molar-refractivity contribution in [3.05, 3.63) is 34.2 Å². The molecule has 0 amide bonds. The van der Waals surface area contributed by atoms with Crippen LogP contribution in [-0.4, -0.2) is 12.1 Å². The highest BCUT2D eigenvalue weighted by Gasteiger charge is 2.10. The molecule has 0 saturated heterocycles. The summed E-state index contributed by atoms with van der Waals surface area (Å²) in [6.45, 7) is 0.312. The number of fused-ring (bicyclic) bond motifs is 1. The van der Waals surface area contributed by atoms with Crippen LogP contribution in [0.25, 0.3) is 10.9 Å². The molecule has 2 aromatic rings. The molecular weight excluding hydrogens is 275 g/mol. The smallest absolute Gasteiger partial charge is 0.149 e. The Morgan fingerprint density at radius 2 is 2.25 bits per heavy atom. The summed E-state index contributed by atoms with van der Waals surface area (Å²) in [7, 11) is 1.55.